The van der Waals surface area contributed by atoms with Gasteiger partial charge in [-0.15, -0.1) is 0 Å². The van der Waals surface area contributed by atoms with Crippen LogP contribution >= 0.6 is 0 Å². The van der Waals surface area contributed by atoms with Crippen LogP contribution in [0.3, 0.4) is 0 Å². The SMILES string of the molecule is C/C1=C(\C)O[C@@H](C)c2c(C)c(C)cc(C(C)C)c2C(C(C)C)C1. The first-order chi connectivity index (χ1) is 10.6. The molecule has 1 nitrogen and oxygen atoms in total. The van der Waals surface area contributed by atoms with E-state index >= 15 is 0 Å². The van der Waals surface area contributed by atoms with Gasteiger partial charge in [-0.1, -0.05) is 33.8 Å². The first-order valence-electron chi connectivity index (χ1n) is 9.12. The summed E-state index contributed by atoms with van der Waals surface area (Å²) in [6.45, 7) is 20.5. The third-order valence-electron chi connectivity index (χ3n) is 5.65. The number of benzene rings is 1. The summed E-state index contributed by atoms with van der Waals surface area (Å²) in [5, 5.41) is 0. The van der Waals surface area contributed by atoms with Crippen molar-refractivity contribution in [3.05, 3.63) is 45.2 Å². The predicted molar refractivity (Wildman–Crippen MR) is 100 cm³/mol. The van der Waals surface area contributed by atoms with Crippen molar-refractivity contribution in [3.8, 4) is 0 Å². The Hall–Kier alpha value is -1.24. The summed E-state index contributed by atoms with van der Waals surface area (Å²) in [7, 11) is 0. The Labute approximate surface area is 143 Å². The maximum absolute atomic E-state index is 6.31. The summed E-state index contributed by atoms with van der Waals surface area (Å²) in [5.74, 6) is 2.85. The van der Waals surface area contributed by atoms with Crippen molar-refractivity contribution in [3.63, 3.8) is 0 Å². The van der Waals surface area contributed by atoms with Gasteiger partial charge in [0.05, 0.1) is 5.76 Å². The minimum absolute atomic E-state index is 0.124. The molecule has 1 aliphatic heterocycles. The average Bonchev–Trinajstić information content (AvgIpc) is 2.44. The molecule has 0 aliphatic carbocycles. The van der Waals surface area contributed by atoms with Crippen LogP contribution in [0.4, 0.5) is 0 Å². The second-order valence-electron chi connectivity index (χ2n) is 8.04. The summed E-state index contributed by atoms with van der Waals surface area (Å²) < 4.78 is 6.31. The molecule has 1 unspecified atom stereocenters. The number of aryl methyl sites for hydroxylation is 1. The van der Waals surface area contributed by atoms with Crippen LogP contribution in [0, 0.1) is 19.8 Å². The van der Waals surface area contributed by atoms with Crippen molar-refractivity contribution >= 4 is 0 Å². The molecule has 1 aromatic rings. The molecule has 1 aliphatic rings. The lowest BCUT2D eigenvalue weighted by molar-refractivity contribution is 0.125. The molecule has 128 valence electrons. The lowest BCUT2D eigenvalue weighted by atomic mass is 9.73. The molecule has 23 heavy (non-hydrogen) atoms. The minimum atomic E-state index is 0.124. The highest BCUT2D eigenvalue weighted by Crippen LogP contribution is 2.45. The van der Waals surface area contributed by atoms with E-state index < -0.39 is 0 Å². The van der Waals surface area contributed by atoms with Gasteiger partial charge < -0.3 is 4.74 Å². The highest BCUT2D eigenvalue weighted by molar-refractivity contribution is 5.50. The highest BCUT2D eigenvalue weighted by Gasteiger charge is 2.30. The van der Waals surface area contributed by atoms with Gasteiger partial charge in [-0.2, -0.15) is 0 Å². The molecule has 0 amide bonds. The zero-order valence-corrected chi connectivity index (χ0v) is 16.5. The number of hydrogen-bond donors (Lipinski definition) is 0. The van der Waals surface area contributed by atoms with E-state index in [0.29, 0.717) is 17.8 Å². The lowest BCUT2D eigenvalue weighted by Gasteiger charge is -2.35. The quantitative estimate of drug-likeness (QED) is 0.574. The van der Waals surface area contributed by atoms with Crippen molar-refractivity contribution in [2.45, 2.75) is 86.7 Å². The molecule has 0 saturated heterocycles. The van der Waals surface area contributed by atoms with Gasteiger partial charge in [-0.25, -0.2) is 0 Å². The van der Waals surface area contributed by atoms with E-state index in [-0.39, 0.29) is 6.10 Å². The van der Waals surface area contributed by atoms with Crippen molar-refractivity contribution in [2.75, 3.05) is 0 Å². The van der Waals surface area contributed by atoms with Gasteiger partial charge in [0, 0.05) is 0 Å². The smallest absolute Gasteiger partial charge is 0.121 e. The van der Waals surface area contributed by atoms with Crippen LogP contribution in [0.5, 0.6) is 0 Å². The molecule has 0 fully saturated rings. The molecule has 0 bridgehead atoms. The third kappa shape index (κ3) is 3.34. The van der Waals surface area contributed by atoms with E-state index in [4.69, 9.17) is 4.74 Å². The Balaban J connectivity index is 2.82. The minimum Gasteiger partial charge on any atom is -0.491 e. The van der Waals surface area contributed by atoms with Crippen LogP contribution in [0.1, 0.15) is 101 Å². The highest BCUT2D eigenvalue weighted by atomic mass is 16.5. The van der Waals surface area contributed by atoms with Crippen molar-refractivity contribution in [1.82, 2.24) is 0 Å². The molecule has 2 rings (SSSR count). The number of fused-ring (bicyclic) bond motifs is 1. The predicted octanol–water partition coefficient (Wildman–Crippen LogP) is 6.94. The molecular formula is C22H34O. The second kappa shape index (κ2) is 6.71. The fraction of sp³-hybridized carbons (Fsp3) is 0.636. The summed E-state index contributed by atoms with van der Waals surface area (Å²) in [5.41, 5.74) is 8.73. The molecule has 0 aromatic heterocycles. The van der Waals surface area contributed by atoms with Gasteiger partial charge in [0.15, 0.2) is 0 Å². The largest absolute Gasteiger partial charge is 0.491 e. The molecule has 1 heterocycles. The summed E-state index contributed by atoms with van der Waals surface area (Å²) in [6, 6.07) is 2.43. The van der Waals surface area contributed by atoms with Gasteiger partial charge in [0.1, 0.15) is 6.10 Å². The normalized spacial score (nSPS) is 25.2. The van der Waals surface area contributed by atoms with E-state index in [9.17, 15) is 0 Å². The summed E-state index contributed by atoms with van der Waals surface area (Å²) >= 11 is 0. The fourth-order valence-corrected chi connectivity index (χ4v) is 3.97. The monoisotopic (exact) mass is 314 g/mol. The van der Waals surface area contributed by atoms with Gasteiger partial charge in [0.25, 0.3) is 0 Å². The number of ether oxygens (including phenoxy) is 1. The van der Waals surface area contributed by atoms with Crippen LogP contribution in [-0.4, -0.2) is 0 Å². The molecule has 0 radical (unpaired) electrons. The first kappa shape index (κ1) is 18.1. The number of hydrogen-bond acceptors (Lipinski definition) is 1. The van der Waals surface area contributed by atoms with Gasteiger partial charge >= 0.3 is 0 Å². The average molecular weight is 315 g/mol. The van der Waals surface area contributed by atoms with Crippen molar-refractivity contribution < 1.29 is 4.74 Å². The van der Waals surface area contributed by atoms with E-state index in [0.717, 1.165) is 12.2 Å². The zero-order chi connectivity index (χ0) is 17.5. The Kier molecular flexibility index (Phi) is 5.28. The number of rotatable bonds is 2. The molecular weight excluding hydrogens is 280 g/mol. The topological polar surface area (TPSA) is 9.23 Å². The molecule has 0 spiro atoms. The Morgan fingerprint density at radius 1 is 1.00 bits per heavy atom. The Morgan fingerprint density at radius 2 is 1.61 bits per heavy atom. The third-order valence-corrected chi connectivity index (χ3v) is 5.65. The van der Waals surface area contributed by atoms with Crippen LogP contribution < -0.4 is 0 Å². The Morgan fingerprint density at radius 3 is 2.13 bits per heavy atom. The Bertz CT molecular complexity index is 619. The first-order valence-corrected chi connectivity index (χ1v) is 9.12. The summed E-state index contributed by atoms with van der Waals surface area (Å²) in [6.07, 6.45) is 1.23. The van der Waals surface area contributed by atoms with E-state index in [2.05, 4.69) is 68.4 Å². The molecule has 2 atom stereocenters. The van der Waals surface area contributed by atoms with Crippen LogP contribution in [0.2, 0.25) is 0 Å². The molecule has 1 aromatic carbocycles. The van der Waals surface area contributed by atoms with Gasteiger partial charge in [-0.05, 0) is 92.2 Å². The summed E-state index contributed by atoms with van der Waals surface area (Å²) in [4.78, 5) is 0. The number of allylic oxidation sites excluding steroid dienone is 2. The standard InChI is InChI=1S/C22H34O/c1-12(2)19-10-14(5)16(7)21-18(9)23-17(8)15(6)11-20(13(3)4)22(19)21/h10,12-13,18,20H,11H2,1-9H3/b17-15-/t18-,20?/m0/s1. The lowest BCUT2D eigenvalue weighted by Crippen LogP contribution is -2.20. The second-order valence-corrected chi connectivity index (χ2v) is 8.04. The molecule has 1 heteroatoms. The van der Waals surface area contributed by atoms with E-state index in [1.165, 1.54) is 27.8 Å². The van der Waals surface area contributed by atoms with Crippen molar-refractivity contribution in [1.29, 1.82) is 0 Å². The molecule has 0 N–H and O–H groups in total. The van der Waals surface area contributed by atoms with Crippen LogP contribution in [-0.2, 0) is 4.74 Å². The van der Waals surface area contributed by atoms with E-state index in [1.54, 1.807) is 5.56 Å². The maximum Gasteiger partial charge on any atom is 0.121 e. The maximum atomic E-state index is 6.31. The van der Waals surface area contributed by atoms with Crippen LogP contribution in [0.15, 0.2) is 17.4 Å². The van der Waals surface area contributed by atoms with E-state index in [1.807, 2.05) is 0 Å². The fourth-order valence-electron chi connectivity index (χ4n) is 3.97. The van der Waals surface area contributed by atoms with Gasteiger partial charge in [-0.3, -0.25) is 0 Å². The zero-order valence-electron chi connectivity index (χ0n) is 16.5. The van der Waals surface area contributed by atoms with Gasteiger partial charge in [0.2, 0.25) is 0 Å². The van der Waals surface area contributed by atoms with Crippen molar-refractivity contribution in [2.24, 2.45) is 5.92 Å². The van der Waals surface area contributed by atoms with Crippen LogP contribution in [0.25, 0.3) is 0 Å². The molecule has 0 saturated carbocycles.